The monoisotopic (exact) mass is 456 g/mol. The molecule has 0 bridgehead atoms. The zero-order chi connectivity index (χ0) is 25.9. The standard InChI is InChI=1S/C21H23N7O5/c1-22-20(31)17-14(10-16(26-27-17)24-19(30)11-6-7-11)23-13-5-3-4-12(18(13)32-2)21-25-15(8-9-29)28-33-21/h3-5,10-11,29H,6-9H2,1-2H3,(H,22,31)(H2,23,24,26,30)/i1D3. The lowest BCUT2D eigenvalue weighted by Crippen LogP contribution is -2.22. The van der Waals surface area contributed by atoms with Crippen LogP contribution < -0.4 is 20.7 Å². The fourth-order valence-corrected chi connectivity index (χ4v) is 3.08. The van der Waals surface area contributed by atoms with E-state index in [1.807, 2.05) is 5.32 Å². The molecule has 2 amide bonds. The second-order valence-corrected chi connectivity index (χ2v) is 7.21. The van der Waals surface area contributed by atoms with Crippen molar-refractivity contribution in [2.75, 3.05) is 31.3 Å². The Morgan fingerprint density at radius 2 is 2.15 bits per heavy atom. The van der Waals surface area contributed by atoms with Crippen LogP contribution in [0.25, 0.3) is 11.5 Å². The predicted molar refractivity (Wildman–Crippen MR) is 117 cm³/mol. The fourth-order valence-electron chi connectivity index (χ4n) is 3.08. The molecule has 0 unspecified atom stereocenters. The molecule has 1 saturated carbocycles. The van der Waals surface area contributed by atoms with Crippen molar-refractivity contribution in [3.05, 3.63) is 35.8 Å². The number of hydrogen-bond donors (Lipinski definition) is 4. The molecule has 1 fully saturated rings. The average molecular weight is 456 g/mol. The third kappa shape index (κ3) is 4.90. The van der Waals surface area contributed by atoms with E-state index in [4.69, 9.17) is 18.5 Å². The first-order valence-electron chi connectivity index (χ1n) is 11.6. The average Bonchev–Trinajstić information content (AvgIpc) is 3.57. The molecule has 1 aliphatic carbocycles. The summed E-state index contributed by atoms with van der Waals surface area (Å²) in [6.07, 6.45) is 1.77. The van der Waals surface area contributed by atoms with E-state index in [2.05, 4.69) is 31.0 Å². The Morgan fingerprint density at radius 1 is 1.30 bits per heavy atom. The van der Waals surface area contributed by atoms with Crippen molar-refractivity contribution in [3.63, 3.8) is 0 Å². The molecular formula is C21H23N7O5. The molecule has 0 atom stereocenters. The first-order valence-corrected chi connectivity index (χ1v) is 10.1. The molecule has 0 spiro atoms. The Morgan fingerprint density at radius 3 is 2.88 bits per heavy atom. The molecule has 0 radical (unpaired) electrons. The van der Waals surface area contributed by atoms with Gasteiger partial charge in [0, 0.05) is 29.5 Å². The second kappa shape index (κ2) is 9.61. The molecule has 4 rings (SSSR count). The Kier molecular flexibility index (Phi) is 5.39. The minimum Gasteiger partial charge on any atom is -0.494 e. The van der Waals surface area contributed by atoms with Gasteiger partial charge in [-0.15, -0.1) is 10.2 Å². The zero-order valence-corrected chi connectivity index (χ0v) is 17.6. The fraction of sp³-hybridized carbons (Fsp3) is 0.333. The summed E-state index contributed by atoms with van der Waals surface area (Å²) in [5.41, 5.74) is 0.537. The molecule has 1 aliphatic rings. The van der Waals surface area contributed by atoms with Gasteiger partial charge >= 0.3 is 0 Å². The van der Waals surface area contributed by atoms with Crippen LogP contribution in [0.4, 0.5) is 17.2 Å². The lowest BCUT2D eigenvalue weighted by Gasteiger charge is -2.15. The summed E-state index contributed by atoms with van der Waals surface area (Å²) in [4.78, 5) is 29.1. The third-order valence-corrected chi connectivity index (χ3v) is 4.84. The van der Waals surface area contributed by atoms with Crippen LogP contribution in [0.5, 0.6) is 5.75 Å². The molecule has 12 heteroatoms. The van der Waals surface area contributed by atoms with Crippen molar-refractivity contribution in [1.82, 2.24) is 25.7 Å². The van der Waals surface area contributed by atoms with Crippen LogP contribution in [0.15, 0.2) is 28.8 Å². The maximum absolute atomic E-state index is 12.6. The Labute approximate surface area is 193 Å². The van der Waals surface area contributed by atoms with E-state index in [1.165, 1.54) is 13.2 Å². The van der Waals surface area contributed by atoms with Crippen molar-refractivity contribution in [2.45, 2.75) is 19.3 Å². The van der Waals surface area contributed by atoms with Crippen molar-refractivity contribution >= 4 is 29.0 Å². The van der Waals surface area contributed by atoms with Gasteiger partial charge in [0.05, 0.1) is 30.7 Å². The van der Waals surface area contributed by atoms with Crippen molar-refractivity contribution < 1.29 is 28.1 Å². The van der Waals surface area contributed by atoms with E-state index < -0.39 is 12.9 Å². The Bertz CT molecular complexity index is 1280. The number of benzene rings is 1. The molecule has 4 N–H and O–H groups in total. The van der Waals surface area contributed by atoms with E-state index in [0.29, 0.717) is 17.1 Å². The number of nitrogens with one attached hydrogen (secondary N) is 3. The number of nitrogens with zero attached hydrogens (tertiary/aromatic N) is 4. The Balaban J connectivity index is 1.70. The third-order valence-electron chi connectivity index (χ3n) is 4.84. The molecule has 172 valence electrons. The number of aromatic nitrogens is 4. The van der Waals surface area contributed by atoms with E-state index in [-0.39, 0.29) is 53.7 Å². The minimum absolute atomic E-state index is 0.0693. The molecule has 33 heavy (non-hydrogen) atoms. The maximum atomic E-state index is 12.6. The lowest BCUT2D eigenvalue weighted by molar-refractivity contribution is -0.117. The van der Waals surface area contributed by atoms with E-state index >= 15 is 0 Å². The van der Waals surface area contributed by atoms with Gasteiger partial charge in [-0.2, -0.15) is 4.98 Å². The number of methoxy groups -OCH3 is 1. The molecule has 12 nitrogen and oxygen atoms in total. The van der Waals surface area contributed by atoms with Gasteiger partial charge in [0.15, 0.2) is 23.1 Å². The molecule has 2 heterocycles. The SMILES string of the molecule is [2H]C([2H])([2H])NC(=O)c1nnc(NC(=O)C2CC2)cc1Nc1cccc(-c2nc(CCO)no2)c1OC. The lowest BCUT2D eigenvalue weighted by atomic mass is 10.1. The zero-order valence-electron chi connectivity index (χ0n) is 20.6. The van der Waals surface area contributed by atoms with Gasteiger partial charge in [-0.25, -0.2) is 0 Å². The summed E-state index contributed by atoms with van der Waals surface area (Å²) in [5, 5.41) is 28.2. The largest absolute Gasteiger partial charge is 0.494 e. The van der Waals surface area contributed by atoms with Crippen molar-refractivity contribution in [3.8, 4) is 17.2 Å². The highest BCUT2D eigenvalue weighted by Gasteiger charge is 2.30. The number of para-hydroxylation sites is 1. The van der Waals surface area contributed by atoms with Gasteiger partial charge in [-0.05, 0) is 25.0 Å². The van der Waals surface area contributed by atoms with Gasteiger partial charge in [0.2, 0.25) is 5.91 Å². The number of amides is 2. The highest BCUT2D eigenvalue weighted by atomic mass is 16.5. The van der Waals surface area contributed by atoms with Crippen LogP contribution in [0.2, 0.25) is 0 Å². The molecule has 3 aromatic rings. The first kappa shape index (κ1) is 18.5. The van der Waals surface area contributed by atoms with Crippen LogP contribution >= 0.6 is 0 Å². The molecule has 1 aromatic carbocycles. The van der Waals surface area contributed by atoms with Crippen LogP contribution in [0.1, 0.15) is 33.3 Å². The van der Waals surface area contributed by atoms with E-state index in [9.17, 15) is 9.59 Å². The number of aliphatic hydroxyl groups excluding tert-OH is 1. The topological polar surface area (TPSA) is 164 Å². The van der Waals surface area contributed by atoms with Gasteiger partial charge in [-0.3, -0.25) is 9.59 Å². The number of carbonyl (C=O) groups is 2. The number of carbonyl (C=O) groups excluding carboxylic acids is 2. The van der Waals surface area contributed by atoms with E-state index in [1.54, 1.807) is 18.2 Å². The first-order chi connectivity index (χ1) is 17.2. The summed E-state index contributed by atoms with van der Waals surface area (Å²) in [5.74, 6) is -0.491. The molecule has 0 saturated heterocycles. The summed E-state index contributed by atoms with van der Waals surface area (Å²) < 4.78 is 32.8. The number of aliphatic hydroxyl groups is 1. The predicted octanol–water partition coefficient (Wildman–Crippen LogP) is 1.52. The quantitative estimate of drug-likeness (QED) is 0.371. The highest BCUT2D eigenvalue weighted by Crippen LogP contribution is 2.38. The van der Waals surface area contributed by atoms with Crippen LogP contribution in [-0.2, 0) is 11.2 Å². The number of ether oxygens (including phenoxy) is 1. The highest BCUT2D eigenvalue weighted by molar-refractivity contribution is 6.00. The summed E-state index contributed by atoms with van der Waals surface area (Å²) in [6, 6.07) is 6.36. The van der Waals surface area contributed by atoms with Gasteiger partial charge < -0.3 is 30.3 Å². The number of hydrogen-bond acceptors (Lipinski definition) is 10. The number of anilines is 3. The second-order valence-electron chi connectivity index (χ2n) is 7.21. The number of rotatable bonds is 9. The van der Waals surface area contributed by atoms with Crippen LogP contribution in [0.3, 0.4) is 0 Å². The summed E-state index contributed by atoms with van der Waals surface area (Å²) in [6.45, 7) is -2.90. The molecular weight excluding hydrogens is 430 g/mol. The van der Waals surface area contributed by atoms with Gasteiger partial charge in [0.1, 0.15) is 0 Å². The summed E-state index contributed by atoms with van der Waals surface area (Å²) >= 11 is 0. The Hall–Kier alpha value is -4.06. The van der Waals surface area contributed by atoms with Crippen LogP contribution in [0, 0.1) is 5.92 Å². The van der Waals surface area contributed by atoms with E-state index in [0.717, 1.165) is 12.8 Å². The van der Waals surface area contributed by atoms with Crippen molar-refractivity contribution in [2.24, 2.45) is 5.92 Å². The maximum Gasteiger partial charge on any atom is 0.273 e. The van der Waals surface area contributed by atoms with Crippen LogP contribution in [-0.4, -0.2) is 58.0 Å². The minimum atomic E-state index is -2.75. The molecule has 0 aliphatic heterocycles. The normalized spacial score (nSPS) is 14.5. The van der Waals surface area contributed by atoms with Gasteiger partial charge in [0.25, 0.3) is 11.8 Å². The summed E-state index contributed by atoms with van der Waals surface area (Å²) in [7, 11) is 1.42. The van der Waals surface area contributed by atoms with Gasteiger partial charge in [-0.1, -0.05) is 11.2 Å². The molecule has 2 aromatic heterocycles. The smallest absolute Gasteiger partial charge is 0.273 e. The van der Waals surface area contributed by atoms with Crippen molar-refractivity contribution in [1.29, 1.82) is 0 Å².